The predicted octanol–water partition coefficient (Wildman–Crippen LogP) is 2.93. The maximum atomic E-state index is 12.4. The standard InChI is InChI=1S/C14H21NO4S3/c16-13(5-2-1-4-12-6-10-20-21-12)14(7-3-9-15-14)8-11-22(17,18)19/h3,7,9,12H,1-2,4-6,8,10-11H2,(H,17,18,19). The number of carbonyl (C=O) groups is 1. The molecule has 0 saturated carbocycles. The number of ketones is 1. The van der Waals surface area contributed by atoms with Crippen molar-refractivity contribution >= 4 is 43.7 Å². The molecule has 1 fully saturated rings. The zero-order valence-corrected chi connectivity index (χ0v) is 14.8. The minimum Gasteiger partial charge on any atom is -0.297 e. The van der Waals surface area contributed by atoms with Crippen molar-refractivity contribution < 1.29 is 17.8 Å². The summed E-state index contributed by atoms with van der Waals surface area (Å²) in [6.07, 6.45) is 9.41. The highest BCUT2D eigenvalue weighted by atomic mass is 33.1. The zero-order valence-electron chi connectivity index (χ0n) is 12.3. The zero-order chi connectivity index (χ0) is 16.1. The first kappa shape index (κ1) is 18.0. The molecule has 2 atom stereocenters. The quantitative estimate of drug-likeness (QED) is 0.385. The molecular formula is C14H21NO4S3. The van der Waals surface area contributed by atoms with Gasteiger partial charge >= 0.3 is 0 Å². The van der Waals surface area contributed by atoms with Crippen LogP contribution in [0.3, 0.4) is 0 Å². The summed E-state index contributed by atoms with van der Waals surface area (Å²) in [5.74, 6) is 0.706. The van der Waals surface area contributed by atoms with E-state index in [1.807, 2.05) is 21.6 Å². The van der Waals surface area contributed by atoms with Crippen LogP contribution < -0.4 is 0 Å². The Morgan fingerprint density at radius 2 is 2.23 bits per heavy atom. The molecule has 0 aromatic carbocycles. The lowest BCUT2D eigenvalue weighted by Gasteiger charge is -2.22. The fourth-order valence-electron chi connectivity index (χ4n) is 2.60. The number of hydrogen-bond donors (Lipinski definition) is 1. The molecule has 2 unspecified atom stereocenters. The summed E-state index contributed by atoms with van der Waals surface area (Å²) in [4.78, 5) is 16.6. The third-order valence-electron chi connectivity index (χ3n) is 3.89. The lowest BCUT2D eigenvalue weighted by Crippen LogP contribution is -2.35. The molecule has 2 rings (SSSR count). The van der Waals surface area contributed by atoms with E-state index in [0.717, 1.165) is 19.3 Å². The number of hydrogen-bond acceptors (Lipinski definition) is 6. The van der Waals surface area contributed by atoms with Crippen LogP contribution in [0.2, 0.25) is 0 Å². The van der Waals surface area contributed by atoms with Gasteiger partial charge in [0.25, 0.3) is 10.1 Å². The predicted molar refractivity (Wildman–Crippen MR) is 93.3 cm³/mol. The van der Waals surface area contributed by atoms with Crippen LogP contribution in [0.15, 0.2) is 17.1 Å². The van der Waals surface area contributed by atoms with E-state index >= 15 is 0 Å². The number of Topliss-reactive ketones (excluding diaryl/α,β-unsaturated/α-hetero) is 1. The van der Waals surface area contributed by atoms with E-state index in [0.29, 0.717) is 11.7 Å². The monoisotopic (exact) mass is 363 g/mol. The molecule has 0 aromatic heterocycles. The normalized spacial score (nSPS) is 27.6. The van der Waals surface area contributed by atoms with E-state index < -0.39 is 21.4 Å². The molecule has 0 radical (unpaired) electrons. The van der Waals surface area contributed by atoms with Gasteiger partial charge in [-0.25, -0.2) is 0 Å². The lowest BCUT2D eigenvalue weighted by molar-refractivity contribution is -0.122. The summed E-state index contributed by atoms with van der Waals surface area (Å²) in [6, 6.07) is 0. The molecule has 1 saturated heterocycles. The van der Waals surface area contributed by atoms with Crippen LogP contribution in [-0.2, 0) is 14.9 Å². The molecule has 0 bridgehead atoms. The van der Waals surface area contributed by atoms with E-state index in [-0.39, 0.29) is 12.2 Å². The van der Waals surface area contributed by atoms with Crippen molar-refractivity contribution in [2.24, 2.45) is 4.99 Å². The molecule has 1 N–H and O–H groups in total. The maximum absolute atomic E-state index is 12.4. The van der Waals surface area contributed by atoms with Gasteiger partial charge in [0.05, 0.1) is 5.75 Å². The lowest BCUT2D eigenvalue weighted by atomic mass is 9.89. The van der Waals surface area contributed by atoms with Gasteiger partial charge in [-0.2, -0.15) is 8.42 Å². The Kier molecular flexibility index (Phi) is 6.55. The first-order valence-electron chi connectivity index (χ1n) is 7.41. The fraction of sp³-hybridized carbons (Fsp3) is 0.714. The maximum Gasteiger partial charge on any atom is 0.264 e. The average Bonchev–Trinajstić information content (AvgIpc) is 3.12. The fourth-order valence-corrected chi connectivity index (χ4v) is 6.19. The summed E-state index contributed by atoms with van der Waals surface area (Å²) in [7, 11) is -0.229. The van der Waals surface area contributed by atoms with Gasteiger partial charge in [-0.15, -0.1) is 0 Å². The second-order valence-electron chi connectivity index (χ2n) is 5.60. The minimum absolute atomic E-state index is 0.00673. The van der Waals surface area contributed by atoms with Gasteiger partial charge < -0.3 is 0 Å². The third kappa shape index (κ3) is 5.40. The van der Waals surface area contributed by atoms with E-state index in [1.165, 1.54) is 18.4 Å². The largest absolute Gasteiger partial charge is 0.297 e. The number of aliphatic imine (C=N–C) groups is 1. The summed E-state index contributed by atoms with van der Waals surface area (Å²) < 4.78 is 30.7. The van der Waals surface area contributed by atoms with Crippen molar-refractivity contribution in [1.29, 1.82) is 0 Å². The summed E-state index contributed by atoms with van der Waals surface area (Å²) in [5.41, 5.74) is -1.09. The molecule has 0 aromatic rings. The molecule has 8 heteroatoms. The minimum atomic E-state index is -4.08. The van der Waals surface area contributed by atoms with Gasteiger partial charge in [0.15, 0.2) is 5.78 Å². The molecule has 2 aliphatic rings. The summed E-state index contributed by atoms with van der Waals surface area (Å²) >= 11 is 0. The summed E-state index contributed by atoms with van der Waals surface area (Å²) in [5, 5.41) is 0.706. The Balaban J connectivity index is 1.79. The number of carbonyl (C=O) groups excluding carboxylic acids is 1. The van der Waals surface area contributed by atoms with Crippen molar-refractivity contribution in [3.8, 4) is 0 Å². The molecule has 0 aliphatic carbocycles. The van der Waals surface area contributed by atoms with E-state index in [4.69, 9.17) is 4.55 Å². The van der Waals surface area contributed by atoms with Gasteiger partial charge in [-0.3, -0.25) is 14.3 Å². The Bertz CT molecular complexity index is 538. The number of unbranched alkanes of at least 4 members (excludes halogenated alkanes) is 1. The molecule has 2 aliphatic heterocycles. The van der Waals surface area contributed by atoms with Crippen molar-refractivity contribution in [1.82, 2.24) is 0 Å². The van der Waals surface area contributed by atoms with Crippen LogP contribution in [0, 0.1) is 0 Å². The second-order valence-corrected chi connectivity index (χ2v) is 9.96. The van der Waals surface area contributed by atoms with Gasteiger partial charge in [0, 0.05) is 23.6 Å². The van der Waals surface area contributed by atoms with E-state index in [1.54, 1.807) is 12.2 Å². The van der Waals surface area contributed by atoms with Gasteiger partial charge in [-0.1, -0.05) is 28.0 Å². The number of allylic oxidation sites excluding steroid dienone is 1. The van der Waals surface area contributed by atoms with Gasteiger partial charge in [-0.05, 0) is 37.8 Å². The van der Waals surface area contributed by atoms with Crippen LogP contribution in [0.5, 0.6) is 0 Å². The van der Waals surface area contributed by atoms with Crippen molar-refractivity contribution in [2.45, 2.75) is 49.3 Å². The van der Waals surface area contributed by atoms with Crippen molar-refractivity contribution in [3.05, 3.63) is 12.2 Å². The van der Waals surface area contributed by atoms with Gasteiger partial charge in [0.1, 0.15) is 5.54 Å². The highest BCUT2D eigenvalue weighted by molar-refractivity contribution is 8.77. The first-order valence-corrected chi connectivity index (χ1v) is 11.4. The van der Waals surface area contributed by atoms with Crippen molar-refractivity contribution in [2.75, 3.05) is 11.5 Å². The Labute approximate surface area is 139 Å². The summed E-state index contributed by atoms with van der Waals surface area (Å²) in [6.45, 7) is 0. The van der Waals surface area contributed by atoms with E-state index in [2.05, 4.69) is 4.99 Å². The second kappa shape index (κ2) is 7.99. The molecule has 22 heavy (non-hydrogen) atoms. The molecule has 124 valence electrons. The smallest absolute Gasteiger partial charge is 0.264 e. The molecule has 5 nitrogen and oxygen atoms in total. The first-order chi connectivity index (χ1) is 10.4. The molecule has 2 heterocycles. The van der Waals surface area contributed by atoms with Crippen LogP contribution in [0.4, 0.5) is 0 Å². The molecular weight excluding hydrogens is 342 g/mol. The average molecular weight is 364 g/mol. The van der Waals surface area contributed by atoms with Crippen LogP contribution >= 0.6 is 21.6 Å². The Morgan fingerprint density at radius 1 is 1.41 bits per heavy atom. The van der Waals surface area contributed by atoms with Crippen LogP contribution in [0.1, 0.15) is 38.5 Å². The number of rotatable bonds is 9. The number of nitrogens with zero attached hydrogens (tertiary/aromatic N) is 1. The van der Waals surface area contributed by atoms with Crippen LogP contribution in [0.25, 0.3) is 0 Å². The Morgan fingerprint density at radius 3 is 2.82 bits per heavy atom. The topological polar surface area (TPSA) is 83.8 Å². The Hall–Kier alpha value is -0.310. The molecule has 0 spiro atoms. The SMILES string of the molecule is O=C(CCCCC1CCSS1)C1(CCS(=O)(=O)O)C=CC=N1. The van der Waals surface area contributed by atoms with E-state index in [9.17, 15) is 13.2 Å². The highest BCUT2D eigenvalue weighted by Crippen LogP contribution is 2.40. The highest BCUT2D eigenvalue weighted by Gasteiger charge is 2.36. The third-order valence-corrected chi connectivity index (χ3v) is 7.62. The van der Waals surface area contributed by atoms with Crippen LogP contribution in [-0.4, -0.2) is 47.3 Å². The van der Waals surface area contributed by atoms with Crippen molar-refractivity contribution in [3.63, 3.8) is 0 Å². The molecule has 0 amide bonds. The van der Waals surface area contributed by atoms with Gasteiger partial charge in [0.2, 0.25) is 0 Å².